The predicted octanol–water partition coefficient (Wildman–Crippen LogP) is 1.04. The normalized spacial score (nSPS) is 19.3. The van der Waals surface area contributed by atoms with Gasteiger partial charge in [-0.1, -0.05) is 0 Å². The number of anilines is 1. The van der Waals surface area contributed by atoms with Gasteiger partial charge in [-0.05, 0) is 28.8 Å². The number of pyridine rings is 1. The summed E-state index contributed by atoms with van der Waals surface area (Å²) in [6, 6.07) is 2.26. The van der Waals surface area contributed by atoms with E-state index in [1.54, 1.807) is 4.90 Å². The lowest BCUT2D eigenvalue weighted by Gasteiger charge is -2.21. The fraction of sp³-hybridized carbons (Fsp3) is 0.400. The molecule has 0 bridgehead atoms. The van der Waals surface area contributed by atoms with Crippen LogP contribution in [0.4, 0.5) is 11.5 Å². The number of nitro groups is 1. The van der Waals surface area contributed by atoms with E-state index in [9.17, 15) is 14.9 Å². The molecule has 2 heterocycles. The van der Waals surface area contributed by atoms with Crippen molar-refractivity contribution in [3.63, 3.8) is 0 Å². The Labute approximate surface area is 96.8 Å². The monoisotopic (exact) mass is 237 g/mol. The lowest BCUT2D eigenvalue weighted by molar-refractivity contribution is -0.389. The fourth-order valence-corrected chi connectivity index (χ4v) is 1.99. The Morgan fingerprint density at radius 2 is 2.35 bits per heavy atom. The van der Waals surface area contributed by atoms with Gasteiger partial charge in [0.25, 0.3) is 0 Å². The Morgan fingerprint density at radius 3 is 2.88 bits per heavy atom. The summed E-state index contributed by atoms with van der Waals surface area (Å²) in [4.78, 5) is 26.2. The molecule has 1 fully saturated rings. The molecular formula is C10H11N3O4. The van der Waals surface area contributed by atoms with Gasteiger partial charge in [0.05, 0.1) is 5.69 Å². The number of hydrogen-bond acceptors (Lipinski definition) is 5. The zero-order chi connectivity index (χ0) is 12.4. The largest absolute Gasteiger partial charge is 0.480 e. The molecule has 7 heteroatoms. The maximum Gasteiger partial charge on any atom is 0.363 e. The Bertz CT molecular complexity index is 445. The topological polar surface area (TPSA) is 96.6 Å². The van der Waals surface area contributed by atoms with E-state index in [-0.39, 0.29) is 5.82 Å². The van der Waals surface area contributed by atoms with Crippen molar-refractivity contribution in [3.8, 4) is 0 Å². The lowest BCUT2D eigenvalue weighted by Crippen LogP contribution is -2.35. The van der Waals surface area contributed by atoms with Gasteiger partial charge in [-0.2, -0.15) is 0 Å². The first kappa shape index (κ1) is 11.3. The van der Waals surface area contributed by atoms with Crippen molar-refractivity contribution in [1.29, 1.82) is 0 Å². The van der Waals surface area contributed by atoms with Crippen LogP contribution in [0, 0.1) is 10.1 Å². The van der Waals surface area contributed by atoms with Crippen LogP contribution >= 0.6 is 0 Å². The SMILES string of the molecule is O=C(O)C1CCCN1c1ccc([N+](=O)[O-])nc1. The van der Waals surface area contributed by atoms with E-state index in [0.29, 0.717) is 18.7 Å². The number of carbonyl (C=O) groups is 1. The van der Waals surface area contributed by atoms with Crippen LogP contribution in [0.3, 0.4) is 0 Å². The molecule has 1 atom stereocenters. The number of rotatable bonds is 3. The second-order valence-corrected chi connectivity index (χ2v) is 3.82. The average molecular weight is 237 g/mol. The summed E-state index contributed by atoms with van der Waals surface area (Å²) < 4.78 is 0. The summed E-state index contributed by atoms with van der Waals surface area (Å²) in [6.45, 7) is 0.635. The fourth-order valence-electron chi connectivity index (χ4n) is 1.99. The summed E-state index contributed by atoms with van der Waals surface area (Å²) >= 11 is 0. The first-order chi connectivity index (χ1) is 8.09. The number of hydrogen-bond donors (Lipinski definition) is 1. The molecule has 90 valence electrons. The number of nitrogens with zero attached hydrogens (tertiary/aromatic N) is 3. The van der Waals surface area contributed by atoms with Crippen LogP contribution in [0.2, 0.25) is 0 Å². The highest BCUT2D eigenvalue weighted by Crippen LogP contribution is 2.25. The smallest absolute Gasteiger partial charge is 0.363 e. The Hall–Kier alpha value is -2.18. The van der Waals surface area contributed by atoms with Crippen LogP contribution in [-0.4, -0.2) is 33.6 Å². The molecule has 1 aromatic heterocycles. The molecule has 0 amide bonds. The van der Waals surface area contributed by atoms with Crippen LogP contribution in [0.25, 0.3) is 0 Å². The minimum atomic E-state index is -0.874. The molecule has 0 spiro atoms. The van der Waals surface area contributed by atoms with Gasteiger partial charge in [0.2, 0.25) is 0 Å². The van der Waals surface area contributed by atoms with Crippen molar-refractivity contribution >= 4 is 17.5 Å². The van der Waals surface area contributed by atoms with E-state index in [2.05, 4.69) is 4.98 Å². The molecule has 7 nitrogen and oxygen atoms in total. The molecule has 1 aliphatic rings. The standard InChI is InChI=1S/C10H11N3O4/c14-10(15)8-2-1-5-12(8)7-3-4-9(11-6-7)13(16)17/h3-4,6,8H,1-2,5H2,(H,14,15). The molecule has 1 N–H and O–H groups in total. The van der Waals surface area contributed by atoms with Crippen LogP contribution in [-0.2, 0) is 4.79 Å². The third-order valence-corrected chi connectivity index (χ3v) is 2.79. The summed E-state index contributed by atoms with van der Waals surface area (Å²) in [5, 5.41) is 19.5. The third-order valence-electron chi connectivity index (χ3n) is 2.79. The average Bonchev–Trinajstić information content (AvgIpc) is 2.78. The third kappa shape index (κ3) is 2.17. The van der Waals surface area contributed by atoms with Gasteiger partial charge < -0.3 is 20.1 Å². The Balaban J connectivity index is 2.22. The summed E-state index contributed by atoms with van der Waals surface area (Å²) in [7, 11) is 0. The molecule has 17 heavy (non-hydrogen) atoms. The van der Waals surface area contributed by atoms with Gasteiger partial charge in [0, 0.05) is 12.6 Å². The highest BCUT2D eigenvalue weighted by Gasteiger charge is 2.31. The van der Waals surface area contributed by atoms with E-state index in [0.717, 1.165) is 6.42 Å². The Morgan fingerprint density at radius 1 is 1.59 bits per heavy atom. The van der Waals surface area contributed by atoms with E-state index >= 15 is 0 Å². The first-order valence-corrected chi connectivity index (χ1v) is 5.19. The van der Waals surface area contributed by atoms with Crippen LogP contribution in [0.1, 0.15) is 12.8 Å². The van der Waals surface area contributed by atoms with E-state index < -0.39 is 16.9 Å². The molecule has 0 aromatic carbocycles. The van der Waals surface area contributed by atoms with Crippen LogP contribution in [0.15, 0.2) is 18.3 Å². The Kier molecular flexibility index (Phi) is 2.90. The molecule has 2 rings (SSSR count). The van der Waals surface area contributed by atoms with Gasteiger partial charge in [0.15, 0.2) is 6.20 Å². The number of carboxylic acids is 1. The second-order valence-electron chi connectivity index (χ2n) is 3.82. The molecule has 1 saturated heterocycles. The van der Waals surface area contributed by atoms with Gasteiger partial charge in [-0.15, -0.1) is 0 Å². The van der Waals surface area contributed by atoms with Crippen LogP contribution < -0.4 is 4.90 Å². The molecule has 1 unspecified atom stereocenters. The molecule has 0 aliphatic carbocycles. The summed E-state index contributed by atoms with van der Waals surface area (Å²) in [6.07, 6.45) is 2.74. The van der Waals surface area contributed by atoms with Crippen molar-refractivity contribution in [1.82, 2.24) is 4.98 Å². The van der Waals surface area contributed by atoms with Crippen LogP contribution in [0.5, 0.6) is 0 Å². The van der Waals surface area contributed by atoms with Crippen molar-refractivity contribution in [2.24, 2.45) is 0 Å². The summed E-state index contributed by atoms with van der Waals surface area (Å²) in [5.74, 6) is -1.11. The zero-order valence-electron chi connectivity index (χ0n) is 8.94. The molecular weight excluding hydrogens is 226 g/mol. The van der Waals surface area contributed by atoms with E-state index in [1.807, 2.05) is 0 Å². The van der Waals surface area contributed by atoms with Crippen molar-refractivity contribution < 1.29 is 14.8 Å². The van der Waals surface area contributed by atoms with Crippen molar-refractivity contribution in [3.05, 3.63) is 28.4 Å². The highest BCUT2D eigenvalue weighted by atomic mass is 16.6. The molecule has 1 aliphatic heterocycles. The van der Waals surface area contributed by atoms with Gasteiger partial charge in [-0.25, -0.2) is 4.79 Å². The highest BCUT2D eigenvalue weighted by molar-refractivity contribution is 5.78. The number of aliphatic carboxylic acids is 1. The molecule has 0 radical (unpaired) electrons. The van der Waals surface area contributed by atoms with Gasteiger partial charge >= 0.3 is 11.8 Å². The minimum absolute atomic E-state index is 0.236. The second kappa shape index (κ2) is 4.36. The quantitative estimate of drug-likeness (QED) is 0.623. The van der Waals surface area contributed by atoms with E-state index in [4.69, 9.17) is 5.11 Å². The van der Waals surface area contributed by atoms with E-state index in [1.165, 1.54) is 18.3 Å². The van der Waals surface area contributed by atoms with Crippen molar-refractivity contribution in [2.75, 3.05) is 11.4 Å². The lowest BCUT2D eigenvalue weighted by atomic mass is 10.2. The molecule has 0 saturated carbocycles. The minimum Gasteiger partial charge on any atom is -0.480 e. The summed E-state index contributed by atoms with van der Waals surface area (Å²) in [5.41, 5.74) is 0.612. The van der Waals surface area contributed by atoms with Crippen molar-refractivity contribution in [2.45, 2.75) is 18.9 Å². The molecule has 1 aromatic rings. The number of aromatic nitrogens is 1. The zero-order valence-corrected chi connectivity index (χ0v) is 8.94. The number of carboxylic acid groups (broad SMARTS) is 1. The van der Waals surface area contributed by atoms with Gasteiger partial charge in [0.1, 0.15) is 6.04 Å². The predicted molar refractivity (Wildman–Crippen MR) is 58.9 cm³/mol. The maximum atomic E-state index is 11.0. The maximum absolute atomic E-state index is 11.0. The first-order valence-electron chi connectivity index (χ1n) is 5.19. The van der Waals surface area contributed by atoms with Gasteiger partial charge in [-0.3, -0.25) is 0 Å².